The van der Waals surface area contributed by atoms with Crippen LogP contribution in [0.3, 0.4) is 0 Å². The van der Waals surface area contributed by atoms with E-state index in [1.165, 1.54) is 0 Å². The molecule has 0 atom stereocenters. The Morgan fingerprint density at radius 1 is 1.27 bits per heavy atom. The Morgan fingerprint density at radius 3 is 2.91 bits per heavy atom. The molecular formula is C14H18N4O4. The maximum absolute atomic E-state index is 11.5. The number of hydrogen-bond acceptors (Lipinski definition) is 6. The van der Waals surface area contributed by atoms with Crippen molar-refractivity contribution in [3.63, 3.8) is 0 Å². The number of methoxy groups -OCH3 is 2. The number of benzene rings is 1. The average Bonchev–Trinajstić information content (AvgIpc) is 3.02. The highest BCUT2D eigenvalue weighted by atomic mass is 16.5. The lowest BCUT2D eigenvalue weighted by molar-refractivity contribution is 0.195. The number of rotatable bonds is 7. The average molecular weight is 306 g/mol. The van der Waals surface area contributed by atoms with Gasteiger partial charge in [0.15, 0.2) is 0 Å². The summed E-state index contributed by atoms with van der Waals surface area (Å²) in [5.74, 6) is 1.39. The second-order valence-electron chi connectivity index (χ2n) is 4.34. The van der Waals surface area contributed by atoms with Crippen molar-refractivity contribution in [1.29, 1.82) is 0 Å². The topological polar surface area (TPSA) is 98.5 Å². The summed E-state index contributed by atoms with van der Waals surface area (Å²) in [6.07, 6.45) is 0. The SMILES string of the molecule is COCCNC(=O)NCc1nnc(-c2cccc(OC)c2)o1. The molecule has 0 fully saturated rings. The lowest BCUT2D eigenvalue weighted by Crippen LogP contribution is -2.36. The standard InChI is InChI=1S/C14H18N4O4/c1-20-7-6-15-14(19)16-9-12-17-18-13(22-12)10-4-3-5-11(8-10)21-2/h3-5,8H,6-7,9H2,1-2H3,(H2,15,16,19). The molecule has 0 saturated carbocycles. The molecule has 8 heteroatoms. The van der Waals surface area contributed by atoms with E-state index in [4.69, 9.17) is 13.9 Å². The predicted octanol–water partition coefficient (Wildman–Crippen LogP) is 1.19. The van der Waals surface area contributed by atoms with Gasteiger partial charge in [-0.1, -0.05) is 6.07 Å². The third kappa shape index (κ3) is 4.45. The summed E-state index contributed by atoms with van der Waals surface area (Å²) in [7, 11) is 3.16. The second-order valence-corrected chi connectivity index (χ2v) is 4.34. The molecule has 2 amide bonds. The van der Waals surface area contributed by atoms with Gasteiger partial charge in [0.05, 0.1) is 20.3 Å². The molecule has 0 aliphatic carbocycles. The Hall–Kier alpha value is -2.61. The first-order valence-electron chi connectivity index (χ1n) is 6.70. The number of nitrogens with zero attached hydrogens (tertiary/aromatic N) is 2. The molecule has 2 rings (SSSR count). The highest BCUT2D eigenvalue weighted by Gasteiger charge is 2.10. The first kappa shape index (κ1) is 15.8. The fourth-order valence-corrected chi connectivity index (χ4v) is 1.68. The minimum Gasteiger partial charge on any atom is -0.497 e. The van der Waals surface area contributed by atoms with Gasteiger partial charge in [0.1, 0.15) is 5.75 Å². The van der Waals surface area contributed by atoms with Crippen LogP contribution in [0.15, 0.2) is 28.7 Å². The number of urea groups is 1. The molecule has 118 valence electrons. The fourth-order valence-electron chi connectivity index (χ4n) is 1.68. The van der Waals surface area contributed by atoms with Crippen LogP contribution in [0.25, 0.3) is 11.5 Å². The summed E-state index contributed by atoms with van der Waals surface area (Å²) in [5.41, 5.74) is 0.752. The van der Waals surface area contributed by atoms with Crippen LogP contribution in [0.2, 0.25) is 0 Å². The summed E-state index contributed by atoms with van der Waals surface area (Å²) in [6.45, 7) is 1.03. The van der Waals surface area contributed by atoms with Gasteiger partial charge in [-0.2, -0.15) is 0 Å². The maximum atomic E-state index is 11.5. The van der Waals surface area contributed by atoms with Crippen LogP contribution in [0.1, 0.15) is 5.89 Å². The number of nitrogens with one attached hydrogen (secondary N) is 2. The Bertz CT molecular complexity index is 614. The molecule has 8 nitrogen and oxygen atoms in total. The zero-order valence-electron chi connectivity index (χ0n) is 12.5. The van der Waals surface area contributed by atoms with E-state index in [2.05, 4.69) is 20.8 Å². The lowest BCUT2D eigenvalue weighted by Gasteiger charge is -2.04. The Kier molecular flexibility index (Phi) is 5.73. The van der Waals surface area contributed by atoms with Gasteiger partial charge in [-0.3, -0.25) is 0 Å². The van der Waals surface area contributed by atoms with Gasteiger partial charge in [-0.25, -0.2) is 4.79 Å². The second kappa shape index (κ2) is 7.99. The zero-order valence-corrected chi connectivity index (χ0v) is 12.5. The normalized spacial score (nSPS) is 10.3. The van der Waals surface area contributed by atoms with E-state index in [1.54, 1.807) is 20.3 Å². The van der Waals surface area contributed by atoms with Crippen molar-refractivity contribution in [2.45, 2.75) is 6.54 Å². The molecule has 0 radical (unpaired) electrons. The molecule has 0 saturated heterocycles. The van der Waals surface area contributed by atoms with E-state index < -0.39 is 0 Å². The smallest absolute Gasteiger partial charge is 0.315 e. The number of amides is 2. The first-order chi connectivity index (χ1) is 10.7. The highest BCUT2D eigenvalue weighted by Crippen LogP contribution is 2.22. The first-order valence-corrected chi connectivity index (χ1v) is 6.70. The van der Waals surface area contributed by atoms with Gasteiger partial charge in [-0.15, -0.1) is 10.2 Å². The van der Waals surface area contributed by atoms with Gasteiger partial charge in [0, 0.05) is 19.2 Å². The van der Waals surface area contributed by atoms with Crippen LogP contribution < -0.4 is 15.4 Å². The molecule has 1 heterocycles. The lowest BCUT2D eigenvalue weighted by atomic mass is 10.2. The third-order valence-electron chi connectivity index (χ3n) is 2.78. The number of carbonyl (C=O) groups is 1. The largest absolute Gasteiger partial charge is 0.497 e. The summed E-state index contributed by atoms with van der Waals surface area (Å²) in [6, 6.07) is 6.97. The van der Waals surface area contributed by atoms with Crippen molar-refractivity contribution >= 4 is 6.03 Å². The van der Waals surface area contributed by atoms with E-state index >= 15 is 0 Å². The van der Waals surface area contributed by atoms with E-state index in [9.17, 15) is 4.79 Å². The van der Waals surface area contributed by atoms with Crippen LogP contribution >= 0.6 is 0 Å². The van der Waals surface area contributed by atoms with Crippen molar-refractivity contribution < 1.29 is 18.7 Å². The molecule has 2 N–H and O–H groups in total. The van der Waals surface area contributed by atoms with Gasteiger partial charge >= 0.3 is 6.03 Å². The van der Waals surface area contributed by atoms with Crippen molar-refractivity contribution in [1.82, 2.24) is 20.8 Å². The molecule has 22 heavy (non-hydrogen) atoms. The van der Waals surface area contributed by atoms with Gasteiger partial charge in [0.25, 0.3) is 0 Å². The van der Waals surface area contributed by atoms with Crippen molar-refractivity contribution in [3.8, 4) is 17.2 Å². The minimum absolute atomic E-state index is 0.149. The number of carbonyl (C=O) groups excluding carboxylic acids is 1. The summed E-state index contributed by atoms with van der Waals surface area (Å²) < 4.78 is 15.5. The minimum atomic E-state index is -0.321. The van der Waals surface area contributed by atoms with Crippen LogP contribution in [-0.2, 0) is 11.3 Å². The van der Waals surface area contributed by atoms with Crippen molar-refractivity contribution in [2.24, 2.45) is 0 Å². The molecule has 0 aliphatic rings. The molecule has 0 spiro atoms. The summed E-state index contributed by atoms with van der Waals surface area (Å²) >= 11 is 0. The van der Waals surface area contributed by atoms with Gasteiger partial charge in [0.2, 0.25) is 11.8 Å². The van der Waals surface area contributed by atoms with Crippen molar-refractivity contribution in [2.75, 3.05) is 27.4 Å². The third-order valence-corrected chi connectivity index (χ3v) is 2.78. The Morgan fingerprint density at radius 2 is 2.14 bits per heavy atom. The molecule has 2 aromatic rings. The summed E-state index contributed by atoms with van der Waals surface area (Å²) in [5, 5.41) is 13.1. The van der Waals surface area contributed by atoms with Crippen LogP contribution in [-0.4, -0.2) is 43.6 Å². The van der Waals surface area contributed by atoms with E-state index in [0.29, 0.717) is 30.7 Å². The molecule has 0 aliphatic heterocycles. The van der Waals surface area contributed by atoms with E-state index in [-0.39, 0.29) is 12.6 Å². The van der Waals surface area contributed by atoms with Gasteiger partial charge < -0.3 is 24.5 Å². The van der Waals surface area contributed by atoms with E-state index in [0.717, 1.165) is 5.56 Å². The molecule has 1 aromatic carbocycles. The number of ether oxygens (including phenoxy) is 2. The van der Waals surface area contributed by atoms with Crippen LogP contribution in [0.4, 0.5) is 4.79 Å². The Labute approximate surface area is 127 Å². The monoisotopic (exact) mass is 306 g/mol. The highest BCUT2D eigenvalue weighted by molar-refractivity contribution is 5.73. The molecule has 0 unspecified atom stereocenters. The quantitative estimate of drug-likeness (QED) is 0.746. The van der Waals surface area contributed by atoms with Crippen LogP contribution in [0.5, 0.6) is 5.75 Å². The van der Waals surface area contributed by atoms with Gasteiger partial charge in [-0.05, 0) is 18.2 Å². The molecule has 1 aromatic heterocycles. The fraction of sp³-hybridized carbons (Fsp3) is 0.357. The predicted molar refractivity (Wildman–Crippen MR) is 78.4 cm³/mol. The van der Waals surface area contributed by atoms with E-state index in [1.807, 2.05) is 18.2 Å². The van der Waals surface area contributed by atoms with Crippen molar-refractivity contribution in [3.05, 3.63) is 30.2 Å². The summed E-state index contributed by atoms with van der Waals surface area (Å²) in [4.78, 5) is 11.5. The Balaban J connectivity index is 1.89. The molecule has 0 bridgehead atoms. The number of hydrogen-bond donors (Lipinski definition) is 2. The molecular weight excluding hydrogens is 288 g/mol. The maximum Gasteiger partial charge on any atom is 0.315 e. The zero-order chi connectivity index (χ0) is 15.8. The number of aromatic nitrogens is 2. The van der Waals surface area contributed by atoms with Crippen LogP contribution in [0, 0.1) is 0 Å².